The lowest BCUT2D eigenvalue weighted by Gasteiger charge is -2.17. The van der Waals surface area contributed by atoms with Crippen molar-refractivity contribution in [3.05, 3.63) is 242 Å². The zero-order valence-corrected chi connectivity index (χ0v) is 38.0. The highest BCUT2D eigenvalue weighted by Crippen LogP contribution is 2.42. The highest BCUT2D eigenvalue weighted by atomic mass is 15.1. The van der Waals surface area contributed by atoms with Gasteiger partial charge >= 0.3 is 0 Å². The third-order valence-electron chi connectivity index (χ3n) is 12.8. The van der Waals surface area contributed by atoms with E-state index in [1.165, 1.54) is 0 Å². The van der Waals surface area contributed by atoms with Crippen molar-refractivity contribution in [3.63, 3.8) is 0 Å². The highest BCUT2D eigenvalue weighted by Gasteiger charge is 2.23. The Hall–Kier alpha value is -10.2. The van der Waals surface area contributed by atoms with Gasteiger partial charge in [-0.2, -0.15) is 10.5 Å². The smallest absolute Gasteiger partial charge is 0.166 e. The molecule has 9 aromatic carbocycles. The molecule has 0 saturated heterocycles. The Balaban J connectivity index is 1.19. The SMILES string of the molecule is N#Cc1ccccc1-c1ccc2c3ccc(-c4ccccc4C#N)cc3n(-c3ccc(-c4nc(-c5ccccc5)cc(-c5ccccc5)n4)cc3-c3nc(-c4ccccc4)nc(-c4ccccc4)n3)c2c1. The number of rotatable bonds is 9. The molecule has 0 saturated carbocycles. The highest BCUT2D eigenvalue weighted by molar-refractivity contribution is 6.12. The van der Waals surface area contributed by atoms with Crippen LogP contribution in [0.4, 0.5) is 0 Å². The van der Waals surface area contributed by atoms with Crippen LogP contribution < -0.4 is 0 Å². The minimum Gasteiger partial charge on any atom is -0.308 e. The molecule has 330 valence electrons. The van der Waals surface area contributed by atoms with Crippen molar-refractivity contribution < 1.29 is 0 Å². The first-order valence-corrected chi connectivity index (χ1v) is 23.2. The van der Waals surface area contributed by atoms with Crippen LogP contribution in [-0.2, 0) is 0 Å². The number of fused-ring (bicyclic) bond motifs is 3. The molecule has 8 nitrogen and oxygen atoms in total. The normalized spacial score (nSPS) is 11.1. The molecule has 0 unspecified atom stereocenters. The molecule has 3 aromatic heterocycles. The summed E-state index contributed by atoms with van der Waals surface area (Å²) in [6.07, 6.45) is 0. The van der Waals surface area contributed by atoms with E-state index in [1.54, 1.807) is 0 Å². The molecule has 71 heavy (non-hydrogen) atoms. The largest absolute Gasteiger partial charge is 0.308 e. The molecule has 0 atom stereocenters. The van der Waals surface area contributed by atoms with Gasteiger partial charge in [0.1, 0.15) is 0 Å². The van der Waals surface area contributed by atoms with Crippen LogP contribution in [-0.4, -0.2) is 29.5 Å². The van der Waals surface area contributed by atoms with E-state index in [1.807, 2.05) is 152 Å². The van der Waals surface area contributed by atoms with E-state index in [9.17, 15) is 10.5 Å². The van der Waals surface area contributed by atoms with Gasteiger partial charge in [-0.25, -0.2) is 24.9 Å². The molecule has 0 aliphatic rings. The summed E-state index contributed by atoms with van der Waals surface area (Å²) in [6.45, 7) is 0. The Morgan fingerprint density at radius 2 is 0.690 bits per heavy atom. The molecular formula is C63H38N8. The standard InChI is InChI=1S/C63H38N8/c64-39-48-25-13-15-27-50(48)45-29-32-52-53-33-30-46(51-28-16-14-26-49(51)40-65)37-59(53)71(58(52)36-45)57-34-31-47(62-66-55(41-17-5-1-6-18-41)38-56(67-62)42-19-7-2-8-20-42)35-54(57)63-69-60(43-21-9-3-10-22-43)68-61(70-63)44-23-11-4-12-24-44/h1-38H. The number of hydrogen-bond donors (Lipinski definition) is 0. The van der Waals surface area contributed by atoms with Gasteiger partial charge < -0.3 is 4.57 Å². The van der Waals surface area contributed by atoms with E-state index >= 15 is 0 Å². The lowest BCUT2D eigenvalue weighted by Crippen LogP contribution is -2.05. The molecule has 0 amide bonds. The van der Waals surface area contributed by atoms with Crippen LogP contribution >= 0.6 is 0 Å². The fourth-order valence-corrected chi connectivity index (χ4v) is 9.35. The average molecular weight is 907 g/mol. The Morgan fingerprint density at radius 3 is 1.15 bits per heavy atom. The minimum atomic E-state index is 0.448. The average Bonchev–Trinajstić information content (AvgIpc) is 3.78. The maximum absolute atomic E-state index is 10.3. The summed E-state index contributed by atoms with van der Waals surface area (Å²) in [5.74, 6) is 2.02. The molecule has 0 aliphatic carbocycles. The van der Waals surface area contributed by atoms with Gasteiger partial charge in [-0.15, -0.1) is 0 Å². The van der Waals surface area contributed by atoms with E-state index in [0.717, 1.165) is 89.0 Å². The summed E-state index contributed by atoms with van der Waals surface area (Å²) in [6, 6.07) is 81.4. The van der Waals surface area contributed by atoms with Crippen LogP contribution in [0.3, 0.4) is 0 Å². The summed E-state index contributed by atoms with van der Waals surface area (Å²) >= 11 is 0. The van der Waals surface area contributed by atoms with E-state index in [4.69, 9.17) is 24.9 Å². The van der Waals surface area contributed by atoms with Crippen LogP contribution in [0.25, 0.3) is 118 Å². The van der Waals surface area contributed by atoms with Crippen LogP contribution in [0, 0.1) is 22.7 Å². The summed E-state index contributed by atoms with van der Waals surface area (Å²) < 4.78 is 2.26. The predicted octanol–water partition coefficient (Wildman–Crippen LogP) is 14.8. The van der Waals surface area contributed by atoms with Gasteiger partial charge in [-0.1, -0.05) is 182 Å². The van der Waals surface area contributed by atoms with Gasteiger partial charge in [0, 0.05) is 44.2 Å². The van der Waals surface area contributed by atoms with Crippen LogP contribution in [0.2, 0.25) is 0 Å². The fraction of sp³-hybridized carbons (Fsp3) is 0. The molecule has 0 radical (unpaired) electrons. The van der Waals surface area contributed by atoms with Crippen molar-refractivity contribution in [1.82, 2.24) is 29.5 Å². The second kappa shape index (κ2) is 18.2. The second-order valence-corrected chi connectivity index (χ2v) is 17.1. The van der Waals surface area contributed by atoms with E-state index in [0.29, 0.717) is 40.0 Å². The van der Waals surface area contributed by atoms with Gasteiger partial charge in [0.05, 0.1) is 51.4 Å². The first kappa shape index (κ1) is 42.2. The van der Waals surface area contributed by atoms with Crippen LogP contribution in [0.15, 0.2) is 231 Å². The van der Waals surface area contributed by atoms with Gasteiger partial charge in [0.2, 0.25) is 0 Å². The number of benzene rings is 9. The Bertz CT molecular complexity index is 3830. The Labute approximate surface area is 409 Å². The molecule has 3 heterocycles. The van der Waals surface area contributed by atoms with E-state index < -0.39 is 0 Å². The maximum Gasteiger partial charge on any atom is 0.166 e. The zero-order valence-electron chi connectivity index (χ0n) is 38.0. The monoisotopic (exact) mass is 906 g/mol. The lowest BCUT2D eigenvalue weighted by atomic mass is 9.98. The van der Waals surface area contributed by atoms with Crippen molar-refractivity contribution in [2.75, 3.05) is 0 Å². The minimum absolute atomic E-state index is 0.448. The van der Waals surface area contributed by atoms with Crippen LogP contribution in [0.1, 0.15) is 11.1 Å². The molecule has 0 N–H and O–H groups in total. The number of nitrogens with zero attached hydrogens (tertiary/aromatic N) is 8. The molecule has 12 rings (SSSR count). The van der Waals surface area contributed by atoms with Crippen molar-refractivity contribution in [1.29, 1.82) is 10.5 Å². The Kier molecular flexibility index (Phi) is 10.8. The fourth-order valence-electron chi connectivity index (χ4n) is 9.35. The zero-order chi connectivity index (χ0) is 47.7. The van der Waals surface area contributed by atoms with Crippen molar-refractivity contribution >= 4 is 21.8 Å². The number of nitriles is 2. The van der Waals surface area contributed by atoms with Crippen molar-refractivity contribution in [2.45, 2.75) is 0 Å². The first-order valence-electron chi connectivity index (χ1n) is 23.2. The van der Waals surface area contributed by atoms with Gasteiger partial charge in [0.15, 0.2) is 23.3 Å². The lowest BCUT2D eigenvalue weighted by molar-refractivity contribution is 1.06. The summed E-state index contributed by atoms with van der Waals surface area (Å²) in [5.41, 5.74) is 13.9. The number of aromatic nitrogens is 6. The van der Waals surface area contributed by atoms with Crippen LogP contribution in [0.5, 0.6) is 0 Å². The number of hydrogen-bond acceptors (Lipinski definition) is 7. The van der Waals surface area contributed by atoms with Gasteiger partial charge in [-0.3, -0.25) is 0 Å². The van der Waals surface area contributed by atoms with E-state index in [2.05, 4.69) is 95.6 Å². The van der Waals surface area contributed by atoms with Gasteiger partial charge in [0.25, 0.3) is 0 Å². The molecule has 12 aromatic rings. The molecule has 0 fully saturated rings. The summed E-state index contributed by atoms with van der Waals surface area (Å²) in [7, 11) is 0. The predicted molar refractivity (Wildman–Crippen MR) is 283 cm³/mol. The summed E-state index contributed by atoms with van der Waals surface area (Å²) in [4.78, 5) is 26.2. The maximum atomic E-state index is 10.3. The third-order valence-corrected chi connectivity index (χ3v) is 12.8. The molecule has 0 spiro atoms. The second-order valence-electron chi connectivity index (χ2n) is 17.1. The van der Waals surface area contributed by atoms with Crippen molar-refractivity contribution in [3.8, 4) is 108 Å². The summed E-state index contributed by atoms with van der Waals surface area (Å²) in [5, 5.41) is 22.5. The third kappa shape index (κ3) is 7.94. The molecule has 0 aliphatic heterocycles. The topological polar surface area (TPSA) is 117 Å². The molecule has 0 bridgehead atoms. The first-order chi connectivity index (χ1) is 35.1. The quantitative estimate of drug-likeness (QED) is 0.142. The van der Waals surface area contributed by atoms with Gasteiger partial charge in [-0.05, 0) is 70.8 Å². The Morgan fingerprint density at radius 1 is 0.296 bits per heavy atom. The molecular weight excluding hydrogens is 869 g/mol. The molecule has 8 heteroatoms. The van der Waals surface area contributed by atoms with Crippen molar-refractivity contribution in [2.24, 2.45) is 0 Å². The van der Waals surface area contributed by atoms with E-state index in [-0.39, 0.29) is 0 Å².